The minimum Gasteiger partial charge on any atom is -0.743 e. The Morgan fingerprint density at radius 2 is 1.64 bits per heavy atom. The first kappa shape index (κ1) is 26.2. The molecule has 0 aliphatic rings. The lowest BCUT2D eigenvalue weighted by Gasteiger charge is -2.33. The smallest absolute Gasteiger partial charge is 0.468 e. The first-order chi connectivity index (χ1) is 12.4. The molecule has 8 nitrogen and oxygen atoms in total. The van der Waals surface area contributed by atoms with E-state index in [4.69, 9.17) is 0 Å². The molecule has 0 amide bonds. The zero-order valence-electron chi connectivity index (χ0n) is 15.0. The fraction of sp³-hybridized carbons (Fsp3) is 0.714. The first-order valence-corrected chi connectivity index (χ1v) is 8.88. The van der Waals surface area contributed by atoms with E-state index in [9.17, 15) is 44.5 Å². The van der Waals surface area contributed by atoms with Gasteiger partial charge in [0.15, 0.2) is 10.1 Å². The number of carbonyl (C=O) groups excluding carboxylic acids is 2. The van der Waals surface area contributed by atoms with Crippen molar-refractivity contribution < 1.29 is 58.7 Å². The molecule has 0 saturated carbocycles. The fourth-order valence-corrected chi connectivity index (χ4v) is 1.71. The van der Waals surface area contributed by atoms with Gasteiger partial charge in [-0.05, 0) is 12.8 Å². The standard InChI is InChI=1S/C14H19F5O8S/c1-8(2)7-25-11(21)13(14(17,18)19,27-10(20)9(3)4)26-6-5-12(15,16)28(22,23)24/h8H,3,5-7H2,1-2,4H3,(H,22,23,24)/p-1. The normalized spacial score (nSPS) is 15.1. The lowest BCUT2D eigenvalue weighted by Crippen LogP contribution is -2.58. The monoisotopic (exact) mass is 441 g/mol. The van der Waals surface area contributed by atoms with Crippen molar-refractivity contribution in [3.05, 3.63) is 12.2 Å². The number of halogens is 5. The average Bonchev–Trinajstić information content (AvgIpc) is 2.48. The van der Waals surface area contributed by atoms with Gasteiger partial charge in [0, 0.05) is 12.0 Å². The van der Waals surface area contributed by atoms with Gasteiger partial charge in [-0.25, -0.2) is 18.0 Å². The van der Waals surface area contributed by atoms with Gasteiger partial charge in [0.1, 0.15) is 0 Å². The predicted octanol–water partition coefficient (Wildman–Crippen LogP) is 2.11. The number of hydrogen-bond donors (Lipinski definition) is 0. The van der Waals surface area contributed by atoms with Crippen molar-refractivity contribution in [3.8, 4) is 0 Å². The van der Waals surface area contributed by atoms with E-state index in [0.717, 1.165) is 6.92 Å². The maximum Gasteiger partial charge on any atom is 0.468 e. The highest BCUT2D eigenvalue weighted by Crippen LogP contribution is 2.38. The van der Waals surface area contributed by atoms with E-state index in [-0.39, 0.29) is 0 Å². The Hall–Kier alpha value is -1.80. The van der Waals surface area contributed by atoms with Gasteiger partial charge < -0.3 is 18.8 Å². The summed E-state index contributed by atoms with van der Waals surface area (Å²) in [6.07, 6.45) is -7.85. The van der Waals surface area contributed by atoms with Crippen molar-refractivity contribution in [3.63, 3.8) is 0 Å². The van der Waals surface area contributed by atoms with E-state index in [0.29, 0.717) is 0 Å². The van der Waals surface area contributed by atoms with Crippen molar-refractivity contribution >= 4 is 22.1 Å². The molecular formula is C14H18F5O8S-. The second-order valence-electron chi connectivity index (χ2n) is 5.97. The molecule has 0 fully saturated rings. The Balaban J connectivity index is 5.88. The molecule has 1 atom stereocenters. The molecule has 0 aliphatic heterocycles. The van der Waals surface area contributed by atoms with Crippen LogP contribution in [0.25, 0.3) is 0 Å². The Labute approximate surface area is 157 Å². The van der Waals surface area contributed by atoms with Crippen LogP contribution in [0.1, 0.15) is 27.2 Å². The van der Waals surface area contributed by atoms with Gasteiger partial charge in [0.25, 0.3) is 0 Å². The van der Waals surface area contributed by atoms with Gasteiger partial charge >= 0.3 is 29.2 Å². The molecule has 0 heterocycles. The third kappa shape index (κ3) is 6.67. The summed E-state index contributed by atoms with van der Waals surface area (Å²) < 4.78 is 111. The number of hydrogen-bond acceptors (Lipinski definition) is 8. The third-order valence-electron chi connectivity index (χ3n) is 2.84. The predicted molar refractivity (Wildman–Crippen MR) is 80.7 cm³/mol. The fourth-order valence-electron chi connectivity index (χ4n) is 1.38. The van der Waals surface area contributed by atoms with Crippen molar-refractivity contribution in [1.82, 2.24) is 0 Å². The van der Waals surface area contributed by atoms with Crippen LogP contribution in [0.5, 0.6) is 0 Å². The SMILES string of the molecule is C=C(C)C(=O)OC(OCCC(F)(F)S(=O)(=O)[O-])(C(=O)OCC(C)C)C(F)(F)F. The van der Waals surface area contributed by atoms with Crippen molar-refractivity contribution in [1.29, 1.82) is 0 Å². The highest BCUT2D eigenvalue weighted by Gasteiger charge is 2.68. The highest BCUT2D eigenvalue weighted by molar-refractivity contribution is 7.86. The second-order valence-corrected chi connectivity index (χ2v) is 7.47. The minimum absolute atomic E-state index is 0.457. The molecule has 0 N–H and O–H groups in total. The molecule has 0 aromatic heterocycles. The van der Waals surface area contributed by atoms with E-state index in [2.05, 4.69) is 20.8 Å². The zero-order valence-corrected chi connectivity index (χ0v) is 15.8. The lowest BCUT2D eigenvalue weighted by molar-refractivity contribution is -0.355. The van der Waals surface area contributed by atoms with Gasteiger partial charge in [0.2, 0.25) is 0 Å². The molecular weight excluding hydrogens is 423 g/mol. The van der Waals surface area contributed by atoms with Crippen LogP contribution in [0, 0.1) is 5.92 Å². The second kappa shape index (κ2) is 9.13. The van der Waals surface area contributed by atoms with Crippen LogP contribution in [0.15, 0.2) is 12.2 Å². The van der Waals surface area contributed by atoms with Crippen molar-refractivity contribution in [2.45, 2.75) is 44.4 Å². The molecule has 14 heteroatoms. The molecule has 0 spiro atoms. The van der Waals surface area contributed by atoms with Crippen LogP contribution in [0.3, 0.4) is 0 Å². The number of ether oxygens (including phenoxy) is 3. The summed E-state index contributed by atoms with van der Waals surface area (Å²) >= 11 is 0. The van der Waals surface area contributed by atoms with E-state index in [1.165, 1.54) is 13.8 Å². The number of esters is 2. The van der Waals surface area contributed by atoms with E-state index in [1.54, 1.807) is 0 Å². The molecule has 0 aromatic carbocycles. The summed E-state index contributed by atoms with van der Waals surface area (Å²) in [7, 11) is -6.22. The Bertz CT molecular complexity index is 701. The van der Waals surface area contributed by atoms with E-state index >= 15 is 0 Å². The van der Waals surface area contributed by atoms with E-state index in [1.807, 2.05) is 0 Å². The van der Waals surface area contributed by atoms with Gasteiger partial charge in [-0.15, -0.1) is 0 Å². The van der Waals surface area contributed by atoms with Gasteiger partial charge in [-0.1, -0.05) is 20.4 Å². The summed E-state index contributed by atoms with van der Waals surface area (Å²) in [5.41, 5.74) is -0.596. The third-order valence-corrected chi connectivity index (χ3v) is 3.77. The molecule has 0 aromatic rings. The Morgan fingerprint density at radius 3 is 2.00 bits per heavy atom. The molecule has 0 saturated heterocycles. The number of rotatable bonds is 10. The number of alkyl halides is 5. The van der Waals surface area contributed by atoms with E-state index < -0.39 is 70.4 Å². The average molecular weight is 441 g/mol. The quantitative estimate of drug-likeness (QED) is 0.166. The molecule has 164 valence electrons. The largest absolute Gasteiger partial charge is 0.743 e. The topological polar surface area (TPSA) is 119 Å². The lowest BCUT2D eigenvalue weighted by atomic mass is 10.2. The van der Waals surface area contributed by atoms with Crippen LogP contribution in [-0.2, 0) is 33.9 Å². The highest BCUT2D eigenvalue weighted by atomic mass is 32.2. The summed E-state index contributed by atoms with van der Waals surface area (Å²) in [5, 5.41) is -5.00. The molecule has 0 bridgehead atoms. The molecule has 0 rings (SSSR count). The maximum absolute atomic E-state index is 13.5. The maximum atomic E-state index is 13.5. The van der Waals surface area contributed by atoms with Gasteiger partial charge in [-0.2, -0.15) is 22.0 Å². The van der Waals surface area contributed by atoms with Crippen LogP contribution < -0.4 is 0 Å². The summed E-state index contributed by atoms with van der Waals surface area (Å²) in [6.45, 7) is 4.50. The van der Waals surface area contributed by atoms with Crippen LogP contribution in [0.2, 0.25) is 0 Å². The number of carbonyl (C=O) groups is 2. The Kier molecular flexibility index (Phi) is 8.55. The van der Waals surface area contributed by atoms with Gasteiger partial charge in [0.05, 0.1) is 13.2 Å². The van der Waals surface area contributed by atoms with Crippen molar-refractivity contribution in [2.24, 2.45) is 5.92 Å². The summed E-state index contributed by atoms with van der Waals surface area (Å²) in [5.74, 6) is -8.97. The molecule has 1 unspecified atom stereocenters. The summed E-state index contributed by atoms with van der Waals surface area (Å²) in [6, 6.07) is 0. The summed E-state index contributed by atoms with van der Waals surface area (Å²) in [4.78, 5) is 23.5. The minimum atomic E-state index is -6.22. The Morgan fingerprint density at radius 1 is 1.14 bits per heavy atom. The van der Waals surface area contributed by atoms with Crippen LogP contribution in [-0.4, -0.2) is 55.3 Å². The van der Waals surface area contributed by atoms with Crippen LogP contribution in [0.4, 0.5) is 22.0 Å². The van der Waals surface area contributed by atoms with Gasteiger partial charge in [-0.3, -0.25) is 0 Å². The zero-order chi connectivity index (χ0) is 22.6. The molecule has 0 aliphatic carbocycles. The molecule has 28 heavy (non-hydrogen) atoms. The molecule has 0 radical (unpaired) electrons. The van der Waals surface area contributed by atoms with Crippen LogP contribution >= 0.6 is 0 Å². The van der Waals surface area contributed by atoms with Crippen molar-refractivity contribution in [2.75, 3.05) is 13.2 Å². The first-order valence-electron chi connectivity index (χ1n) is 7.47.